The van der Waals surface area contributed by atoms with Crippen molar-refractivity contribution in [3.05, 3.63) is 34.2 Å². The lowest BCUT2D eigenvalue weighted by Gasteiger charge is -2.29. The molecule has 3 aromatic rings. The molecule has 1 aliphatic rings. The monoisotopic (exact) mass is 448 g/mol. The Kier molecular flexibility index (Phi) is 6.87. The van der Waals surface area contributed by atoms with E-state index in [1.807, 2.05) is 18.4 Å². The third-order valence-electron chi connectivity index (χ3n) is 4.90. The summed E-state index contributed by atoms with van der Waals surface area (Å²) in [6.07, 6.45) is 3.46. The fourth-order valence-electron chi connectivity index (χ4n) is 3.71. The minimum Gasteiger partial charge on any atom is -0.387 e. The number of H-pyrrole nitrogens is 1. The molecule has 10 heteroatoms. The fourth-order valence-corrected chi connectivity index (χ4v) is 4.16. The number of anilines is 1. The van der Waals surface area contributed by atoms with Crippen LogP contribution in [0.5, 0.6) is 0 Å². The van der Waals surface area contributed by atoms with Crippen molar-refractivity contribution in [2.75, 3.05) is 25.0 Å². The van der Waals surface area contributed by atoms with Crippen LogP contribution in [0.1, 0.15) is 19.5 Å². The average molecular weight is 449 g/mol. The first-order valence-corrected chi connectivity index (χ1v) is 10.3. The summed E-state index contributed by atoms with van der Waals surface area (Å²) in [5, 5.41) is 29.8. The lowest BCUT2D eigenvalue weighted by atomic mass is 10.0. The van der Waals surface area contributed by atoms with Gasteiger partial charge in [0, 0.05) is 47.2 Å². The maximum Gasteiger partial charge on any atom is 0.248 e. The number of carbonyl (C=O) groups excluding carboxylic acids is 1. The van der Waals surface area contributed by atoms with Gasteiger partial charge in [-0.15, -0.1) is 0 Å². The smallest absolute Gasteiger partial charge is 0.248 e. The zero-order valence-corrected chi connectivity index (χ0v) is 18.2. The fraction of sp³-hybridized carbons (Fsp3) is 0.350. The summed E-state index contributed by atoms with van der Waals surface area (Å²) in [5.41, 5.74) is 3.99. The Morgan fingerprint density at radius 3 is 2.80 bits per heavy atom. The third kappa shape index (κ3) is 3.72. The van der Waals surface area contributed by atoms with E-state index in [9.17, 15) is 9.90 Å². The first-order chi connectivity index (χ1) is 14.6. The highest BCUT2D eigenvalue weighted by Gasteiger charge is 2.30. The van der Waals surface area contributed by atoms with E-state index in [0.29, 0.717) is 35.4 Å². The Morgan fingerprint density at radius 2 is 2.17 bits per heavy atom. The van der Waals surface area contributed by atoms with Gasteiger partial charge >= 0.3 is 0 Å². The molecular weight excluding hydrogens is 427 g/mol. The van der Waals surface area contributed by atoms with E-state index in [-0.39, 0.29) is 12.5 Å². The number of halogens is 2. The Balaban J connectivity index is 0.00000124. The van der Waals surface area contributed by atoms with Crippen molar-refractivity contribution in [1.29, 1.82) is 5.26 Å². The minimum atomic E-state index is -0.539. The highest BCUT2D eigenvalue weighted by Crippen LogP contribution is 2.46. The number of carbonyl (C=O) groups is 1. The van der Waals surface area contributed by atoms with Gasteiger partial charge in [-0.1, -0.05) is 37.0 Å². The zero-order chi connectivity index (χ0) is 21.8. The van der Waals surface area contributed by atoms with Crippen LogP contribution in [0.15, 0.2) is 18.5 Å². The van der Waals surface area contributed by atoms with Crippen molar-refractivity contribution in [3.63, 3.8) is 0 Å². The number of hydrogen-bond acceptors (Lipinski definition) is 5. The lowest BCUT2D eigenvalue weighted by Crippen LogP contribution is -2.39. The number of nitriles is 1. The molecule has 0 fully saturated rings. The molecule has 2 aromatic heterocycles. The van der Waals surface area contributed by atoms with E-state index in [2.05, 4.69) is 21.6 Å². The maximum absolute atomic E-state index is 12.1. The predicted molar refractivity (Wildman–Crippen MR) is 117 cm³/mol. The molecule has 0 spiro atoms. The van der Waals surface area contributed by atoms with Crippen molar-refractivity contribution in [2.45, 2.75) is 26.9 Å². The van der Waals surface area contributed by atoms with Crippen LogP contribution in [0, 0.1) is 11.3 Å². The van der Waals surface area contributed by atoms with Crippen LogP contribution in [-0.4, -0.2) is 50.4 Å². The van der Waals surface area contributed by atoms with Gasteiger partial charge in [0.1, 0.15) is 13.2 Å². The number of aromatic nitrogens is 3. The topological polar surface area (TPSA) is 110 Å². The van der Waals surface area contributed by atoms with Gasteiger partial charge in [0.05, 0.1) is 34.4 Å². The van der Waals surface area contributed by atoms with Crippen LogP contribution in [-0.2, 0) is 17.9 Å². The van der Waals surface area contributed by atoms with Crippen molar-refractivity contribution in [1.82, 2.24) is 19.7 Å². The molecule has 1 amide bonds. The van der Waals surface area contributed by atoms with Crippen molar-refractivity contribution < 1.29 is 9.90 Å². The molecular formula is C20H22Cl2N6O2. The summed E-state index contributed by atoms with van der Waals surface area (Å²) in [5.74, 6) is -0.332. The molecule has 0 aliphatic carbocycles. The van der Waals surface area contributed by atoms with Crippen LogP contribution in [0.4, 0.5) is 5.69 Å². The van der Waals surface area contributed by atoms with Crippen LogP contribution in [0.3, 0.4) is 0 Å². The molecule has 0 atom stereocenters. The number of fused-ring (bicyclic) bond motifs is 3. The van der Waals surface area contributed by atoms with E-state index < -0.39 is 6.61 Å². The largest absolute Gasteiger partial charge is 0.387 e. The number of nitrogens with zero attached hydrogens (tertiary/aromatic N) is 4. The quantitative estimate of drug-likeness (QED) is 0.527. The highest BCUT2D eigenvalue weighted by molar-refractivity contribution is 6.46. The summed E-state index contributed by atoms with van der Waals surface area (Å²) < 4.78 is 2.05. The maximum atomic E-state index is 12.1. The van der Waals surface area contributed by atoms with Crippen LogP contribution in [0.2, 0.25) is 10.0 Å². The van der Waals surface area contributed by atoms with Crippen LogP contribution >= 0.6 is 23.2 Å². The SMILES string of the molecule is CC.N#CCNc1cc(Cl)c(Cl)c2c1c(-c1cn[nH]c1)c1n2CCN(C(=O)CO)C1. The molecule has 0 saturated heterocycles. The van der Waals surface area contributed by atoms with Crippen molar-refractivity contribution in [2.24, 2.45) is 0 Å². The molecule has 30 heavy (non-hydrogen) atoms. The number of rotatable bonds is 4. The molecule has 0 radical (unpaired) electrons. The number of benzene rings is 1. The van der Waals surface area contributed by atoms with Gasteiger partial charge in [0.25, 0.3) is 0 Å². The van der Waals surface area contributed by atoms with Gasteiger partial charge in [-0.3, -0.25) is 9.89 Å². The molecule has 1 aromatic carbocycles. The van der Waals surface area contributed by atoms with Gasteiger partial charge in [-0.25, -0.2) is 0 Å². The Labute approximate surface area is 184 Å². The second-order valence-electron chi connectivity index (χ2n) is 6.39. The number of hydrogen-bond donors (Lipinski definition) is 3. The second-order valence-corrected chi connectivity index (χ2v) is 7.17. The molecule has 3 heterocycles. The molecule has 0 unspecified atom stereocenters. The molecule has 1 aliphatic heterocycles. The van der Waals surface area contributed by atoms with Crippen molar-refractivity contribution in [3.8, 4) is 17.2 Å². The number of amides is 1. The molecule has 0 saturated carbocycles. The number of aromatic amines is 1. The van der Waals surface area contributed by atoms with E-state index in [0.717, 1.165) is 27.7 Å². The molecule has 0 bridgehead atoms. The molecule has 8 nitrogen and oxygen atoms in total. The second kappa shape index (κ2) is 9.39. The summed E-state index contributed by atoms with van der Waals surface area (Å²) >= 11 is 12.9. The number of aliphatic hydroxyl groups is 1. The summed E-state index contributed by atoms with van der Waals surface area (Å²) in [6.45, 7) is 4.84. The summed E-state index contributed by atoms with van der Waals surface area (Å²) in [6, 6.07) is 3.77. The van der Waals surface area contributed by atoms with Crippen LogP contribution in [0.25, 0.3) is 22.0 Å². The molecule has 158 valence electrons. The van der Waals surface area contributed by atoms with Gasteiger partial charge < -0.3 is 19.9 Å². The normalized spacial score (nSPS) is 12.7. The standard InChI is InChI=1S/C18H16Cl2N6O2.C2H6/c19-11-5-12(22-2-1-21)16-15(10-6-23-24-7-10)13-8-25(14(28)9-27)3-4-26(13)18(16)17(11)20;1-2/h5-7,22,27H,2-4,8-9H2,(H,23,24);1-2H3. The van der Waals surface area contributed by atoms with Crippen molar-refractivity contribution >= 4 is 45.7 Å². The van der Waals surface area contributed by atoms with Gasteiger partial charge in [0.2, 0.25) is 5.91 Å². The third-order valence-corrected chi connectivity index (χ3v) is 5.67. The van der Waals surface area contributed by atoms with Gasteiger partial charge in [-0.05, 0) is 6.07 Å². The van der Waals surface area contributed by atoms with Crippen LogP contribution < -0.4 is 5.32 Å². The zero-order valence-electron chi connectivity index (χ0n) is 16.7. The summed E-state index contributed by atoms with van der Waals surface area (Å²) in [4.78, 5) is 13.7. The Morgan fingerprint density at radius 1 is 1.40 bits per heavy atom. The molecule has 3 N–H and O–H groups in total. The number of aliphatic hydroxyl groups excluding tert-OH is 1. The van der Waals surface area contributed by atoms with E-state index in [1.54, 1.807) is 23.4 Å². The number of nitrogens with one attached hydrogen (secondary N) is 2. The Hall–Kier alpha value is -2.73. The van der Waals surface area contributed by atoms with E-state index in [4.69, 9.17) is 28.5 Å². The highest BCUT2D eigenvalue weighted by atomic mass is 35.5. The Bertz CT molecular complexity index is 1100. The van der Waals surface area contributed by atoms with Gasteiger partial charge in [-0.2, -0.15) is 10.4 Å². The summed E-state index contributed by atoms with van der Waals surface area (Å²) in [7, 11) is 0. The predicted octanol–water partition coefficient (Wildman–Crippen LogP) is 3.63. The first kappa shape index (κ1) is 22.0. The van der Waals surface area contributed by atoms with E-state index >= 15 is 0 Å². The average Bonchev–Trinajstić information content (AvgIpc) is 3.41. The minimum absolute atomic E-state index is 0.105. The van der Waals surface area contributed by atoms with Gasteiger partial charge in [0.15, 0.2) is 0 Å². The lowest BCUT2D eigenvalue weighted by molar-refractivity contribution is -0.135. The first-order valence-electron chi connectivity index (χ1n) is 9.58. The van der Waals surface area contributed by atoms with E-state index in [1.165, 1.54) is 0 Å². The molecule has 4 rings (SSSR count).